The van der Waals surface area contributed by atoms with E-state index in [0.717, 1.165) is 17.8 Å². The van der Waals surface area contributed by atoms with Gasteiger partial charge in [0.2, 0.25) is 0 Å². The van der Waals surface area contributed by atoms with Gasteiger partial charge in [-0.25, -0.2) is 0 Å². The summed E-state index contributed by atoms with van der Waals surface area (Å²) in [4.78, 5) is 0. The molecule has 2 atom stereocenters. The third-order valence-electron chi connectivity index (χ3n) is 4.90. The van der Waals surface area contributed by atoms with Crippen molar-refractivity contribution in [1.82, 2.24) is 0 Å². The first-order valence-corrected chi connectivity index (χ1v) is 7.40. The fourth-order valence-electron chi connectivity index (χ4n) is 4.00. The fourth-order valence-corrected chi connectivity index (χ4v) is 4.00. The summed E-state index contributed by atoms with van der Waals surface area (Å²) < 4.78 is 0. The Morgan fingerprint density at radius 3 is 2.13 bits per heavy atom. The lowest BCUT2D eigenvalue weighted by Gasteiger charge is -2.21. The minimum Gasteiger partial charge on any atom is -0.0654 e. The summed E-state index contributed by atoms with van der Waals surface area (Å²) in [6.45, 7) is 2.35. The first-order chi connectivity index (χ1) is 7.40. The molecule has 0 aromatic carbocycles. The molecule has 2 saturated carbocycles. The van der Waals surface area contributed by atoms with Gasteiger partial charge >= 0.3 is 0 Å². The first-order valence-electron chi connectivity index (χ1n) is 7.40. The molecule has 2 rings (SSSR count). The molecule has 15 heavy (non-hydrogen) atoms. The van der Waals surface area contributed by atoms with Crippen molar-refractivity contribution in [3.8, 4) is 0 Å². The minimum absolute atomic E-state index is 1.08. The van der Waals surface area contributed by atoms with E-state index in [4.69, 9.17) is 0 Å². The topological polar surface area (TPSA) is 0 Å². The van der Waals surface area contributed by atoms with E-state index in [0.29, 0.717) is 0 Å². The van der Waals surface area contributed by atoms with E-state index in [1.54, 1.807) is 32.1 Å². The molecule has 0 aromatic heterocycles. The Morgan fingerprint density at radius 2 is 1.40 bits per heavy atom. The summed E-state index contributed by atoms with van der Waals surface area (Å²) in [6, 6.07) is 0. The Bertz CT molecular complexity index is 167. The summed E-state index contributed by atoms with van der Waals surface area (Å²) in [5.74, 6) is 3.33. The van der Waals surface area contributed by atoms with Crippen molar-refractivity contribution < 1.29 is 0 Å². The van der Waals surface area contributed by atoms with Crippen molar-refractivity contribution in [2.24, 2.45) is 17.8 Å². The number of hydrogen-bond acceptors (Lipinski definition) is 0. The maximum Gasteiger partial charge on any atom is -0.0386 e. The van der Waals surface area contributed by atoms with Crippen molar-refractivity contribution in [2.75, 3.05) is 0 Å². The highest BCUT2D eigenvalue weighted by Gasteiger charge is 2.27. The Hall–Kier alpha value is 0. The van der Waals surface area contributed by atoms with Gasteiger partial charge in [0.25, 0.3) is 0 Å². The highest BCUT2D eigenvalue weighted by Crippen LogP contribution is 2.40. The molecule has 2 fully saturated rings. The largest absolute Gasteiger partial charge is 0.0654 e. The average Bonchev–Trinajstić information content (AvgIpc) is 2.67. The van der Waals surface area contributed by atoms with Crippen LogP contribution in [-0.2, 0) is 0 Å². The molecule has 0 N–H and O–H groups in total. The van der Waals surface area contributed by atoms with Crippen molar-refractivity contribution in [2.45, 2.75) is 77.6 Å². The van der Waals surface area contributed by atoms with Crippen molar-refractivity contribution in [3.05, 3.63) is 0 Å². The van der Waals surface area contributed by atoms with E-state index in [1.165, 1.54) is 38.5 Å². The third-order valence-corrected chi connectivity index (χ3v) is 4.90. The van der Waals surface area contributed by atoms with E-state index < -0.39 is 0 Å². The van der Waals surface area contributed by atoms with E-state index >= 15 is 0 Å². The summed E-state index contributed by atoms with van der Waals surface area (Å²) in [6.07, 6.45) is 16.8. The molecule has 2 unspecified atom stereocenters. The van der Waals surface area contributed by atoms with Gasteiger partial charge in [-0.1, -0.05) is 71.1 Å². The zero-order valence-electron chi connectivity index (χ0n) is 10.5. The molecule has 0 bridgehead atoms. The maximum absolute atomic E-state index is 2.35. The van der Waals surface area contributed by atoms with Crippen LogP contribution in [0.1, 0.15) is 77.6 Å². The number of hydrogen-bond donors (Lipinski definition) is 0. The van der Waals surface area contributed by atoms with Crippen molar-refractivity contribution >= 4 is 0 Å². The average molecular weight is 208 g/mol. The lowest BCUT2D eigenvalue weighted by atomic mass is 9.84. The Balaban J connectivity index is 1.78. The molecule has 0 amide bonds. The van der Waals surface area contributed by atoms with Crippen LogP contribution in [0, 0.1) is 17.8 Å². The number of rotatable bonds is 3. The standard InChI is InChI=1S/C15H28/c1-2-6-13-7-5-10-15(12-11-13)14-8-3-4-9-14/h13-15H,2-12H2,1H3. The second-order valence-corrected chi connectivity index (χ2v) is 5.97. The SMILES string of the molecule is CCCC1CCCC(C2CCCC2)CC1. The first kappa shape index (κ1) is 11.5. The normalized spacial score (nSPS) is 34.2. The zero-order chi connectivity index (χ0) is 10.5. The fraction of sp³-hybridized carbons (Fsp3) is 1.00. The molecular weight excluding hydrogens is 180 g/mol. The quantitative estimate of drug-likeness (QED) is 0.561. The van der Waals surface area contributed by atoms with Crippen LogP contribution in [0.3, 0.4) is 0 Å². The zero-order valence-corrected chi connectivity index (χ0v) is 10.5. The molecule has 2 aliphatic carbocycles. The second kappa shape index (κ2) is 5.92. The van der Waals surface area contributed by atoms with Crippen molar-refractivity contribution in [3.63, 3.8) is 0 Å². The molecule has 0 heterocycles. The predicted molar refractivity (Wildman–Crippen MR) is 66.9 cm³/mol. The molecule has 0 saturated heterocycles. The van der Waals surface area contributed by atoms with Gasteiger partial charge in [0.1, 0.15) is 0 Å². The lowest BCUT2D eigenvalue weighted by molar-refractivity contribution is 0.298. The van der Waals surface area contributed by atoms with Gasteiger partial charge in [-0.2, -0.15) is 0 Å². The summed E-state index contributed by atoms with van der Waals surface area (Å²) in [5.41, 5.74) is 0. The predicted octanol–water partition coefficient (Wildman–Crippen LogP) is 5.17. The molecule has 0 nitrogen and oxygen atoms in total. The Labute approximate surface area is 95.8 Å². The molecular formula is C15H28. The van der Waals surface area contributed by atoms with Crippen LogP contribution in [0.5, 0.6) is 0 Å². The van der Waals surface area contributed by atoms with Gasteiger partial charge in [0.15, 0.2) is 0 Å². The highest BCUT2D eigenvalue weighted by atomic mass is 14.3. The third kappa shape index (κ3) is 3.23. The molecule has 0 spiro atoms. The van der Waals surface area contributed by atoms with Gasteiger partial charge in [-0.15, -0.1) is 0 Å². The Morgan fingerprint density at radius 1 is 0.733 bits per heavy atom. The van der Waals surface area contributed by atoms with Crippen LogP contribution >= 0.6 is 0 Å². The molecule has 0 radical (unpaired) electrons. The maximum atomic E-state index is 2.35. The van der Waals surface area contributed by atoms with Crippen LogP contribution in [0.25, 0.3) is 0 Å². The molecule has 0 aliphatic heterocycles. The van der Waals surface area contributed by atoms with E-state index in [9.17, 15) is 0 Å². The van der Waals surface area contributed by atoms with Gasteiger partial charge in [-0.3, -0.25) is 0 Å². The summed E-state index contributed by atoms with van der Waals surface area (Å²) >= 11 is 0. The van der Waals surface area contributed by atoms with E-state index in [-0.39, 0.29) is 0 Å². The molecule has 2 aliphatic rings. The lowest BCUT2D eigenvalue weighted by Crippen LogP contribution is -2.10. The Kier molecular flexibility index (Phi) is 4.53. The van der Waals surface area contributed by atoms with Crippen LogP contribution in [0.15, 0.2) is 0 Å². The van der Waals surface area contributed by atoms with E-state index in [2.05, 4.69) is 6.92 Å². The second-order valence-electron chi connectivity index (χ2n) is 5.97. The minimum atomic E-state index is 1.08. The molecule has 0 aromatic rings. The summed E-state index contributed by atoms with van der Waals surface area (Å²) in [5, 5.41) is 0. The van der Waals surface area contributed by atoms with Gasteiger partial charge in [0, 0.05) is 0 Å². The van der Waals surface area contributed by atoms with Gasteiger partial charge in [-0.05, 0) is 24.2 Å². The van der Waals surface area contributed by atoms with E-state index in [1.807, 2.05) is 0 Å². The van der Waals surface area contributed by atoms with Crippen LogP contribution < -0.4 is 0 Å². The van der Waals surface area contributed by atoms with Crippen LogP contribution in [0.4, 0.5) is 0 Å². The molecule has 88 valence electrons. The smallest absolute Gasteiger partial charge is 0.0386 e. The highest BCUT2D eigenvalue weighted by molar-refractivity contribution is 4.79. The van der Waals surface area contributed by atoms with Gasteiger partial charge in [0.05, 0.1) is 0 Å². The van der Waals surface area contributed by atoms with Crippen LogP contribution in [-0.4, -0.2) is 0 Å². The summed E-state index contributed by atoms with van der Waals surface area (Å²) in [7, 11) is 0. The monoisotopic (exact) mass is 208 g/mol. The van der Waals surface area contributed by atoms with Crippen molar-refractivity contribution in [1.29, 1.82) is 0 Å². The molecule has 0 heteroatoms. The van der Waals surface area contributed by atoms with Crippen LogP contribution in [0.2, 0.25) is 0 Å². The van der Waals surface area contributed by atoms with Gasteiger partial charge < -0.3 is 0 Å².